The van der Waals surface area contributed by atoms with Crippen molar-refractivity contribution in [3.05, 3.63) is 30.1 Å². The maximum Gasteiger partial charge on any atom is 0.137 e. The lowest BCUT2D eigenvalue weighted by Gasteiger charge is -2.26. The summed E-state index contributed by atoms with van der Waals surface area (Å²) in [5, 5.41) is 9.17. The molecule has 88 valence electrons. The lowest BCUT2D eigenvalue weighted by atomic mass is 10.2. The fraction of sp³-hybridized carbons (Fsp3) is 0.583. The zero-order valence-corrected chi connectivity index (χ0v) is 9.71. The van der Waals surface area contributed by atoms with Gasteiger partial charge in [-0.1, -0.05) is 0 Å². The van der Waals surface area contributed by atoms with Gasteiger partial charge in [0.25, 0.3) is 0 Å². The minimum absolute atomic E-state index is 0.0554. The van der Waals surface area contributed by atoms with Gasteiger partial charge in [0.1, 0.15) is 6.23 Å². The van der Waals surface area contributed by atoms with E-state index in [2.05, 4.69) is 23.7 Å². The van der Waals surface area contributed by atoms with Gasteiger partial charge in [-0.3, -0.25) is 9.88 Å². The first kappa shape index (κ1) is 11.5. The Morgan fingerprint density at radius 1 is 1.50 bits per heavy atom. The van der Waals surface area contributed by atoms with Gasteiger partial charge >= 0.3 is 0 Å². The van der Waals surface area contributed by atoms with Crippen LogP contribution < -0.4 is 0 Å². The third kappa shape index (κ3) is 2.24. The average Bonchev–Trinajstić information content (AvgIpc) is 2.74. The van der Waals surface area contributed by atoms with Crippen LogP contribution in [0, 0.1) is 0 Å². The quantitative estimate of drug-likeness (QED) is 0.834. The molecule has 1 aliphatic heterocycles. The van der Waals surface area contributed by atoms with Crippen LogP contribution in [0.15, 0.2) is 24.5 Å². The van der Waals surface area contributed by atoms with E-state index in [9.17, 15) is 0 Å². The molecule has 16 heavy (non-hydrogen) atoms. The molecule has 0 aromatic carbocycles. The molecule has 1 N–H and O–H groups in total. The van der Waals surface area contributed by atoms with E-state index in [0.29, 0.717) is 6.04 Å². The molecule has 0 amide bonds. The highest BCUT2D eigenvalue weighted by Crippen LogP contribution is 2.31. The fourth-order valence-electron chi connectivity index (χ4n) is 2.01. The van der Waals surface area contributed by atoms with Crippen molar-refractivity contribution in [3.8, 4) is 0 Å². The molecular weight excluding hydrogens is 204 g/mol. The monoisotopic (exact) mass is 222 g/mol. The van der Waals surface area contributed by atoms with E-state index in [4.69, 9.17) is 9.84 Å². The van der Waals surface area contributed by atoms with Crippen molar-refractivity contribution in [2.24, 2.45) is 0 Å². The lowest BCUT2D eigenvalue weighted by molar-refractivity contribution is -0.0267. The lowest BCUT2D eigenvalue weighted by Crippen LogP contribution is -2.32. The number of pyridine rings is 1. The van der Waals surface area contributed by atoms with E-state index in [-0.39, 0.29) is 18.9 Å². The van der Waals surface area contributed by atoms with E-state index in [1.54, 1.807) is 12.4 Å². The molecule has 1 aliphatic rings. The van der Waals surface area contributed by atoms with Gasteiger partial charge in [-0.05, 0) is 31.5 Å². The van der Waals surface area contributed by atoms with Crippen LogP contribution in [0.1, 0.15) is 25.6 Å². The van der Waals surface area contributed by atoms with Crippen molar-refractivity contribution < 1.29 is 9.84 Å². The molecule has 0 radical (unpaired) electrons. The topological polar surface area (TPSA) is 45.6 Å². The highest BCUT2D eigenvalue weighted by Gasteiger charge is 2.34. The summed E-state index contributed by atoms with van der Waals surface area (Å²) in [5.74, 6) is 0. The predicted molar refractivity (Wildman–Crippen MR) is 60.8 cm³/mol. The van der Waals surface area contributed by atoms with Crippen LogP contribution in [-0.4, -0.2) is 40.3 Å². The van der Waals surface area contributed by atoms with Crippen LogP contribution in [0.25, 0.3) is 0 Å². The predicted octanol–water partition coefficient (Wildman–Crippen LogP) is 1.18. The van der Waals surface area contributed by atoms with E-state index < -0.39 is 0 Å². The smallest absolute Gasteiger partial charge is 0.137 e. The fourth-order valence-corrected chi connectivity index (χ4v) is 2.01. The Bertz CT molecular complexity index is 329. The molecule has 0 saturated carbocycles. The first-order valence-corrected chi connectivity index (χ1v) is 5.64. The second-order valence-corrected chi connectivity index (χ2v) is 4.36. The van der Waals surface area contributed by atoms with Crippen LogP contribution in [-0.2, 0) is 4.74 Å². The summed E-state index contributed by atoms with van der Waals surface area (Å²) in [6.45, 7) is 5.13. The van der Waals surface area contributed by atoms with Gasteiger partial charge in [-0.25, -0.2) is 0 Å². The van der Waals surface area contributed by atoms with Crippen LogP contribution in [0.2, 0.25) is 0 Å². The van der Waals surface area contributed by atoms with Crippen LogP contribution in [0.3, 0.4) is 0 Å². The van der Waals surface area contributed by atoms with E-state index in [1.807, 2.05) is 12.1 Å². The molecule has 1 fully saturated rings. The summed E-state index contributed by atoms with van der Waals surface area (Å²) < 4.78 is 5.82. The molecule has 0 bridgehead atoms. The first-order chi connectivity index (χ1) is 7.72. The Balaban J connectivity index is 2.19. The Kier molecular flexibility index (Phi) is 3.53. The van der Waals surface area contributed by atoms with Crippen LogP contribution >= 0.6 is 0 Å². The highest BCUT2D eigenvalue weighted by molar-refractivity contribution is 5.14. The third-order valence-electron chi connectivity index (χ3n) is 2.90. The average molecular weight is 222 g/mol. The van der Waals surface area contributed by atoms with E-state index >= 15 is 0 Å². The van der Waals surface area contributed by atoms with Gasteiger partial charge in [0.2, 0.25) is 0 Å². The van der Waals surface area contributed by atoms with Crippen LogP contribution in [0.4, 0.5) is 0 Å². The summed E-state index contributed by atoms with van der Waals surface area (Å²) >= 11 is 0. The molecule has 0 aliphatic carbocycles. The van der Waals surface area contributed by atoms with Crippen molar-refractivity contribution >= 4 is 0 Å². The minimum Gasteiger partial charge on any atom is -0.394 e. The Morgan fingerprint density at radius 2 is 2.19 bits per heavy atom. The Morgan fingerprint density at radius 3 is 2.75 bits per heavy atom. The summed E-state index contributed by atoms with van der Waals surface area (Å²) in [4.78, 5) is 6.25. The number of aromatic nitrogens is 1. The Hall–Kier alpha value is -0.970. The van der Waals surface area contributed by atoms with Crippen molar-refractivity contribution in [1.29, 1.82) is 0 Å². The molecular formula is C12H18N2O2. The zero-order chi connectivity index (χ0) is 11.5. The molecule has 1 aromatic rings. The number of nitrogens with zero attached hydrogens (tertiary/aromatic N) is 2. The van der Waals surface area contributed by atoms with Crippen molar-refractivity contribution in [2.75, 3.05) is 13.2 Å². The number of aliphatic hydroxyl groups is 1. The second kappa shape index (κ2) is 4.91. The van der Waals surface area contributed by atoms with Crippen molar-refractivity contribution in [1.82, 2.24) is 9.88 Å². The normalized spacial score (nSPS) is 26.5. The molecule has 4 nitrogen and oxygen atoms in total. The Labute approximate surface area is 95.9 Å². The minimum atomic E-state index is -0.0828. The van der Waals surface area contributed by atoms with Gasteiger partial charge in [0.05, 0.1) is 12.7 Å². The van der Waals surface area contributed by atoms with Crippen molar-refractivity contribution in [3.63, 3.8) is 0 Å². The number of hydrogen-bond donors (Lipinski definition) is 1. The van der Waals surface area contributed by atoms with Gasteiger partial charge in [-0.15, -0.1) is 0 Å². The van der Waals surface area contributed by atoms with E-state index in [0.717, 1.165) is 12.1 Å². The molecule has 2 rings (SSSR count). The largest absolute Gasteiger partial charge is 0.394 e. The molecule has 4 heteroatoms. The second-order valence-electron chi connectivity index (χ2n) is 4.36. The SMILES string of the molecule is CC(C)N1CC(CO)OC1c1ccncc1. The van der Waals surface area contributed by atoms with Crippen LogP contribution in [0.5, 0.6) is 0 Å². The van der Waals surface area contributed by atoms with E-state index in [1.165, 1.54) is 0 Å². The summed E-state index contributed by atoms with van der Waals surface area (Å²) in [5.41, 5.74) is 1.10. The first-order valence-electron chi connectivity index (χ1n) is 5.64. The van der Waals surface area contributed by atoms with Crippen molar-refractivity contribution in [2.45, 2.75) is 32.2 Å². The maximum atomic E-state index is 9.17. The molecule has 2 atom stereocenters. The summed E-state index contributed by atoms with van der Waals surface area (Å²) in [6, 6.07) is 4.31. The number of rotatable bonds is 3. The number of aliphatic hydroxyl groups excluding tert-OH is 1. The maximum absolute atomic E-state index is 9.17. The molecule has 1 aromatic heterocycles. The van der Waals surface area contributed by atoms with Gasteiger partial charge in [0.15, 0.2) is 0 Å². The summed E-state index contributed by atoms with van der Waals surface area (Å²) in [7, 11) is 0. The zero-order valence-electron chi connectivity index (χ0n) is 9.71. The van der Waals surface area contributed by atoms with Gasteiger partial charge in [0, 0.05) is 25.0 Å². The van der Waals surface area contributed by atoms with Gasteiger partial charge in [-0.2, -0.15) is 0 Å². The molecule has 2 unspecified atom stereocenters. The number of hydrogen-bond acceptors (Lipinski definition) is 4. The standard InChI is InChI=1S/C12H18N2O2/c1-9(2)14-7-11(8-15)16-12(14)10-3-5-13-6-4-10/h3-6,9,11-12,15H,7-8H2,1-2H3. The molecule has 2 heterocycles. The number of ether oxygens (including phenoxy) is 1. The van der Waals surface area contributed by atoms with Gasteiger partial charge < -0.3 is 9.84 Å². The third-order valence-corrected chi connectivity index (χ3v) is 2.90. The highest BCUT2D eigenvalue weighted by atomic mass is 16.5. The summed E-state index contributed by atoms with van der Waals surface area (Å²) in [6.07, 6.45) is 3.40. The molecule has 0 spiro atoms. The molecule has 1 saturated heterocycles.